The van der Waals surface area contributed by atoms with Crippen molar-refractivity contribution in [2.75, 3.05) is 13.1 Å². The Morgan fingerprint density at radius 3 is 2.43 bits per heavy atom. The third-order valence-corrected chi connectivity index (χ3v) is 3.50. The Kier molecular flexibility index (Phi) is 8.34. The molecule has 23 heavy (non-hydrogen) atoms. The molecule has 1 rings (SSSR count). The summed E-state index contributed by atoms with van der Waals surface area (Å²) in [6, 6.07) is 8.76. The number of benzene rings is 1. The molecule has 0 aliphatic heterocycles. The normalized spacial score (nSPS) is 13.1. The quantitative estimate of drug-likeness (QED) is 0.699. The van der Waals surface area contributed by atoms with Crippen molar-refractivity contribution < 1.29 is 9.53 Å². The van der Waals surface area contributed by atoms with Crippen molar-refractivity contribution in [1.82, 2.24) is 10.6 Å². The van der Waals surface area contributed by atoms with E-state index in [-0.39, 0.29) is 0 Å². The summed E-state index contributed by atoms with van der Waals surface area (Å²) >= 11 is 3.44. The molecule has 0 aliphatic carbocycles. The van der Waals surface area contributed by atoms with Gasteiger partial charge in [-0.1, -0.05) is 40.2 Å². The van der Waals surface area contributed by atoms with E-state index < -0.39 is 11.7 Å². The molecular formula is C18H27BrN2O2. The predicted molar refractivity (Wildman–Crippen MR) is 98.7 cm³/mol. The lowest BCUT2D eigenvalue weighted by Crippen LogP contribution is -2.32. The highest BCUT2D eigenvalue weighted by Crippen LogP contribution is 2.11. The van der Waals surface area contributed by atoms with Crippen LogP contribution in [0, 0.1) is 0 Å². The van der Waals surface area contributed by atoms with Gasteiger partial charge in [-0.05, 0) is 51.8 Å². The highest BCUT2D eigenvalue weighted by Gasteiger charge is 2.14. The zero-order chi connectivity index (χ0) is 17.3. The summed E-state index contributed by atoms with van der Waals surface area (Å²) in [5.41, 5.74) is 0.849. The Morgan fingerprint density at radius 2 is 1.83 bits per heavy atom. The minimum atomic E-state index is -0.461. The standard InChI is InChI=1S/C18H27BrN2O2/c1-14(13-15-7-9-16(19)10-8-15)20-11-5-6-12-21-17(22)23-18(2,3)4/h5-10,14,20H,11-13H2,1-4H3,(H,21,22)/b6-5+. The van der Waals surface area contributed by atoms with Crippen LogP contribution in [-0.2, 0) is 11.2 Å². The number of rotatable bonds is 7. The van der Waals surface area contributed by atoms with Crippen molar-refractivity contribution in [1.29, 1.82) is 0 Å². The van der Waals surface area contributed by atoms with Gasteiger partial charge in [-0.25, -0.2) is 4.79 Å². The van der Waals surface area contributed by atoms with Crippen LogP contribution in [0.1, 0.15) is 33.3 Å². The smallest absolute Gasteiger partial charge is 0.407 e. The van der Waals surface area contributed by atoms with Crippen molar-refractivity contribution in [3.05, 3.63) is 46.5 Å². The van der Waals surface area contributed by atoms with Gasteiger partial charge in [0.05, 0.1) is 0 Å². The lowest BCUT2D eigenvalue weighted by Gasteiger charge is -2.19. The first-order valence-electron chi connectivity index (χ1n) is 7.86. The number of carbonyl (C=O) groups excluding carboxylic acids is 1. The molecule has 1 amide bonds. The Bertz CT molecular complexity index is 507. The van der Waals surface area contributed by atoms with E-state index in [0.29, 0.717) is 12.6 Å². The zero-order valence-corrected chi connectivity index (χ0v) is 15.9. The van der Waals surface area contributed by atoms with Crippen LogP contribution in [0.15, 0.2) is 40.9 Å². The van der Waals surface area contributed by atoms with Gasteiger partial charge in [0.25, 0.3) is 0 Å². The van der Waals surface area contributed by atoms with Crippen LogP contribution in [0.2, 0.25) is 0 Å². The number of hydrogen-bond donors (Lipinski definition) is 2. The van der Waals surface area contributed by atoms with E-state index in [0.717, 1.165) is 17.4 Å². The fourth-order valence-corrected chi connectivity index (χ4v) is 2.20. The van der Waals surface area contributed by atoms with Crippen LogP contribution < -0.4 is 10.6 Å². The second-order valence-corrected chi connectivity index (χ2v) is 7.41. The van der Waals surface area contributed by atoms with Gasteiger partial charge >= 0.3 is 6.09 Å². The van der Waals surface area contributed by atoms with E-state index >= 15 is 0 Å². The Balaban J connectivity index is 2.15. The van der Waals surface area contributed by atoms with Crippen LogP contribution in [0.3, 0.4) is 0 Å². The van der Waals surface area contributed by atoms with E-state index in [1.54, 1.807) is 0 Å². The van der Waals surface area contributed by atoms with Gasteiger partial charge in [0.1, 0.15) is 5.60 Å². The molecule has 0 spiro atoms. The maximum Gasteiger partial charge on any atom is 0.407 e. The summed E-state index contributed by atoms with van der Waals surface area (Å²) in [4.78, 5) is 11.4. The average molecular weight is 383 g/mol. The van der Waals surface area contributed by atoms with Crippen molar-refractivity contribution in [3.63, 3.8) is 0 Å². The second kappa shape index (κ2) is 9.73. The number of ether oxygens (including phenoxy) is 1. The molecule has 1 aromatic rings. The highest BCUT2D eigenvalue weighted by atomic mass is 79.9. The van der Waals surface area contributed by atoms with Gasteiger partial charge in [-0.2, -0.15) is 0 Å². The summed E-state index contributed by atoms with van der Waals surface area (Å²) in [5.74, 6) is 0. The second-order valence-electron chi connectivity index (χ2n) is 6.49. The largest absolute Gasteiger partial charge is 0.444 e. The average Bonchev–Trinajstić information content (AvgIpc) is 2.43. The molecular weight excluding hydrogens is 356 g/mol. The molecule has 0 radical (unpaired) electrons. The molecule has 0 saturated carbocycles. The molecule has 5 heteroatoms. The Hall–Kier alpha value is -1.33. The minimum absolute atomic E-state index is 0.389. The fourth-order valence-electron chi connectivity index (χ4n) is 1.94. The third-order valence-electron chi connectivity index (χ3n) is 2.97. The molecule has 1 unspecified atom stereocenters. The Morgan fingerprint density at radius 1 is 1.22 bits per heavy atom. The summed E-state index contributed by atoms with van der Waals surface area (Å²) in [6.45, 7) is 8.94. The predicted octanol–water partition coefficient (Wildman–Crippen LogP) is 4.05. The molecule has 0 aromatic heterocycles. The van der Waals surface area contributed by atoms with E-state index in [9.17, 15) is 4.79 Å². The zero-order valence-electron chi connectivity index (χ0n) is 14.4. The number of alkyl carbamates (subject to hydrolysis) is 1. The molecule has 4 nitrogen and oxygen atoms in total. The molecule has 0 fully saturated rings. The molecule has 1 atom stereocenters. The maximum atomic E-state index is 11.4. The molecule has 0 aliphatic rings. The number of halogens is 1. The van der Waals surface area contributed by atoms with Crippen molar-refractivity contribution in [3.8, 4) is 0 Å². The lowest BCUT2D eigenvalue weighted by atomic mass is 10.1. The number of hydrogen-bond acceptors (Lipinski definition) is 3. The van der Waals surface area contributed by atoms with Crippen molar-refractivity contribution >= 4 is 22.0 Å². The van der Waals surface area contributed by atoms with Gasteiger partial charge in [-0.15, -0.1) is 0 Å². The Labute approximate surface area is 147 Å². The van der Waals surface area contributed by atoms with Crippen molar-refractivity contribution in [2.24, 2.45) is 0 Å². The number of nitrogens with one attached hydrogen (secondary N) is 2. The molecule has 0 bridgehead atoms. The van der Waals surface area contributed by atoms with Crippen LogP contribution >= 0.6 is 15.9 Å². The maximum absolute atomic E-state index is 11.4. The third kappa shape index (κ3) is 10.1. The van der Waals surface area contributed by atoms with Gasteiger partial charge in [0, 0.05) is 23.6 Å². The van der Waals surface area contributed by atoms with E-state index in [1.165, 1.54) is 5.56 Å². The fraction of sp³-hybridized carbons (Fsp3) is 0.500. The summed E-state index contributed by atoms with van der Waals surface area (Å²) < 4.78 is 6.25. The molecule has 0 saturated heterocycles. The van der Waals surface area contributed by atoms with Gasteiger partial charge in [0.2, 0.25) is 0 Å². The van der Waals surface area contributed by atoms with Gasteiger partial charge < -0.3 is 15.4 Å². The molecule has 2 N–H and O–H groups in total. The van der Waals surface area contributed by atoms with E-state index in [4.69, 9.17) is 4.74 Å². The molecule has 0 heterocycles. The number of carbonyl (C=O) groups is 1. The van der Waals surface area contributed by atoms with Crippen LogP contribution in [-0.4, -0.2) is 30.8 Å². The first-order valence-corrected chi connectivity index (χ1v) is 8.65. The van der Waals surface area contributed by atoms with E-state index in [2.05, 4.69) is 57.8 Å². The summed E-state index contributed by atoms with van der Waals surface area (Å²) in [7, 11) is 0. The first kappa shape index (κ1) is 19.7. The van der Waals surface area contributed by atoms with E-state index in [1.807, 2.05) is 32.9 Å². The van der Waals surface area contributed by atoms with Crippen molar-refractivity contribution in [2.45, 2.75) is 45.8 Å². The van der Waals surface area contributed by atoms with Gasteiger partial charge in [0.15, 0.2) is 0 Å². The van der Waals surface area contributed by atoms with Gasteiger partial charge in [-0.3, -0.25) is 0 Å². The SMILES string of the molecule is CC(Cc1ccc(Br)cc1)NC/C=C/CNC(=O)OC(C)(C)C. The lowest BCUT2D eigenvalue weighted by molar-refractivity contribution is 0.0534. The van der Waals surface area contributed by atoms with Crippen LogP contribution in [0.5, 0.6) is 0 Å². The van der Waals surface area contributed by atoms with Crippen LogP contribution in [0.25, 0.3) is 0 Å². The first-order chi connectivity index (χ1) is 10.8. The highest BCUT2D eigenvalue weighted by molar-refractivity contribution is 9.10. The summed E-state index contributed by atoms with van der Waals surface area (Å²) in [5, 5.41) is 6.12. The summed E-state index contributed by atoms with van der Waals surface area (Å²) in [6.07, 6.45) is 4.52. The minimum Gasteiger partial charge on any atom is -0.444 e. The monoisotopic (exact) mass is 382 g/mol. The molecule has 1 aromatic carbocycles. The number of amides is 1. The topological polar surface area (TPSA) is 50.4 Å². The molecule has 128 valence electrons. The van der Waals surface area contributed by atoms with Crippen LogP contribution in [0.4, 0.5) is 4.79 Å².